The minimum Gasteiger partial charge on any atom is -0.355 e. The van der Waals surface area contributed by atoms with Crippen LogP contribution in [0.3, 0.4) is 0 Å². The van der Waals surface area contributed by atoms with Crippen LogP contribution in [0.2, 0.25) is 0 Å². The predicted molar refractivity (Wildman–Crippen MR) is 125 cm³/mol. The molecule has 0 saturated carbocycles. The zero-order valence-electron chi connectivity index (χ0n) is 18.4. The summed E-state index contributed by atoms with van der Waals surface area (Å²) in [6.07, 6.45) is 6.07. The van der Waals surface area contributed by atoms with Crippen molar-refractivity contribution >= 4 is 17.4 Å². The molecular formula is C25H25FN6O. The Labute approximate surface area is 191 Å². The van der Waals surface area contributed by atoms with Gasteiger partial charge in [0.1, 0.15) is 11.6 Å². The van der Waals surface area contributed by atoms with E-state index in [2.05, 4.69) is 27.1 Å². The molecule has 1 amide bonds. The van der Waals surface area contributed by atoms with Crippen LogP contribution in [-0.4, -0.2) is 44.6 Å². The maximum atomic E-state index is 13.4. The van der Waals surface area contributed by atoms with Crippen LogP contribution < -0.4 is 10.2 Å². The number of rotatable bonds is 5. The van der Waals surface area contributed by atoms with E-state index in [9.17, 15) is 9.18 Å². The highest BCUT2D eigenvalue weighted by atomic mass is 19.1. The van der Waals surface area contributed by atoms with Crippen molar-refractivity contribution in [2.24, 2.45) is 0 Å². The van der Waals surface area contributed by atoms with E-state index in [0.29, 0.717) is 16.8 Å². The molecule has 1 N–H and O–H groups in total. The Balaban J connectivity index is 1.18. The van der Waals surface area contributed by atoms with Gasteiger partial charge in [0, 0.05) is 30.9 Å². The van der Waals surface area contributed by atoms with Gasteiger partial charge in [-0.2, -0.15) is 0 Å². The van der Waals surface area contributed by atoms with E-state index in [1.165, 1.54) is 12.1 Å². The van der Waals surface area contributed by atoms with E-state index in [0.717, 1.165) is 49.5 Å². The number of carbonyl (C=O) groups excluding carboxylic acids is 1. The number of imidazole rings is 1. The first-order valence-corrected chi connectivity index (χ1v) is 11.2. The number of anilines is 1. The summed E-state index contributed by atoms with van der Waals surface area (Å²) in [7, 11) is 0. The highest BCUT2D eigenvalue weighted by Gasteiger charge is 2.22. The number of aromatic nitrogens is 4. The summed E-state index contributed by atoms with van der Waals surface area (Å²) < 4.78 is 15.3. The SMILES string of the molecule is CCc1cn2nc(N3CCC(NC(=O)c4ccc(-c5cccc(F)c5)nc4)CC3)ccc2n1. The summed E-state index contributed by atoms with van der Waals surface area (Å²) in [5.74, 6) is 0.467. The maximum Gasteiger partial charge on any atom is 0.253 e. The van der Waals surface area contributed by atoms with Gasteiger partial charge in [-0.1, -0.05) is 19.1 Å². The number of pyridine rings is 1. The number of hydrogen-bond acceptors (Lipinski definition) is 5. The van der Waals surface area contributed by atoms with Gasteiger partial charge in [0.2, 0.25) is 0 Å². The molecule has 0 radical (unpaired) electrons. The normalized spacial score (nSPS) is 14.5. The van der Waals surface area contributed by atoms with Crippen LogP contribution in [0.5, 0.6) is 0 Å². The Hall–Kier alpha value is -3.81. The molecule has 33 heavy (non-hydrogen) atoms. The molecule has 0 atom stereocenters. The standard InChI is InChI=1S/C25H25FN6O/c1-2-20-16-32-23(28-20)8-9-24(30-32)31-12-10-21(11-13-31)29-25(33)18-6-7-22(27-15-18)17-4-3-5-19(26)14-17/h3-9,14-16,21H,2,10-13H2,1H3,(H,29,33). The second kappa shape index (κ2) is 8.97. The van der Waals surface area contributed by atoms with Crippen LogP contribution in [-0.2, 0) is 6.42 Å². The molecule has 1 fully saturated rings. The van der Waals surface area contributed by atoms with E-state index in [4.69, 9.17) is 5.10 Å². The first-order chi connectivity index (χ1) is 16.1. The average Bonchev–Trinajstić information content (AvgIpc) is 3.27. The maximum absolute atomic E-state index is 13.4. The number of nitrogens with zero attached hydrogens (tertiary/aromatic N) is 5. The van der Waals surface area contributed by atoms with Crippen molar-refractivity contribution in [3.05, 3.63) is 78.0 Å². The van der Waals surface area contributed by atoms with Gasteiger partial charge in [0.25, 0.3) is 5.91 Å². The second-order valence-electron chi connectivity index (χ2n) is 8.26. The van der Waals surface area contributed by atoms with Crippen molar-refractivity contribution in [2.45, 2.75) is 32.2 Å². The molecule has 168 valence electrons. The summed E-state index contributed by atoms with van der Waals surface area (Å²) in [5, 5.41) is 7.82. The van der Waals surface area contributed by atoms with Crippen LogP contribution in [0.15, 0.2) is 60.9 Å². The van der Waals surface area contributed by atoms with Gasteiger partial charge in [0.05, 0.1) is 23.1 Å². The molecule has 5 rings (SSSR count). The molecule has 8 heteroatoms. The van der Waals surface area contributed by atoms with Gasteiger partial charge in [-0.25, -0.2) is 13.9 Å². The second-order valence-corrected chi connectivity index (χ2v) is 8.26. The Morgan fingerprint density at radius 3 is 2.73 bits per heavy atom. The molecule has 0 aliphatic carbocycles. The summed E-state index contributed by atoms with van der Waals surface area (Å²) in [6, 6.07) is 13.8. The van der Waals surface area contributed by atoms with Gasteiger partial charge in [-0.3, -0.25) is 9.78 Å². The first kappa shape index (κ1) is 21.1. The number of benzene rings is 1. The van der Waals surface area contributed by atoms with Crippen molar-refractivity contribution in [3.8, 4) is 11.3 Å². The Kier molecular flexibility index (Phi) is 5.73. The molecule has 7 nitrogen and oxygen atoms in total. The minimum absolute atomic E-state index is 0.0975. The molecule has 0 spiro atoms. The lowest BCUT2D eigenvalue weighted by Crippen LogP contribution is -2.45. The van der Waals surface area contributed by atoms with E-state index in [1.54, 1.807) is 30.5 Å². The van der Waals surface area contributed by atoms with Crippen molar-refractivity contribution in [2.75, 3.05) is 18.0 Å². The topological polar surface area (TPSA) is 75.4 Å². The van der Waals surface area contributed by atoms with Crippen LogP contribution in [0, 0.1) is 5.82 Å². The minimum atomic E-state index is -0.312. The van der Waals surface area contributed by atoms with Crippen LogP contribution >= 0.6 is 0 Å². The molecule has 3 aromatic heterocycles. The van der Waals surface area contributed by atoms with E-state index in [1.807, 2.05) is 22.8 Å². The molecule has 1 aliphatic heterocycles. The van der Waals surface area contributed by atoms with Crippen molar-refractivity contribution in [3.63, 3.8) is 0 Å². The lowest BCUT2D eigenvalue weighted by molar-refractivity contribution is 0.0930. The van der Waals surface area contributed by atoms with Crippen molar-refractivity contribution < 1.29 is 9.18 Å². The largest absolute Gasteiger partial charge is 0.355 e. The quantitative estimate of drug-likeness (QED) is 0.505. The summed E-state index contributed by atoms with van der Waals surface area (Å²) in [6.45, 7) is 3.71. The molecule has 1 aliphatic rings. The molecule has 4 aromatic rings. The van der Waals surface area contributed by atoms with Crippen molar-refractivity contribution in [1.82, 2.24) is 24.9 Å². The van der Waals surface area contributed by atoms with Gasteiger partial charge in [0.15, 0.2) is 5.65 Å². The predicted octanol–water partition coefficient (Wildman–Crippen LogP) is 3.89. The fraction of sp³-hybridized carbons (Fsp3) is 0.280. The lowest BCUT2D eigenvalue weighted by Gasteiger charge is -2.33. The fourth-order valence-corrected chi connectivity index (χ4v) is 4.13. The number of amides is 1. The number of piperidine rings is 1. The third-order valence-corrected chi connectivity index (χ3v) is 6.02. The zero-order chi connectivity index (χ0) is 22.8. The van der Waals surface area contributed by atoms with E-state index in [-0.39, 0.29) is 17.8 Å². The Bertz CT molecular complexity index is 1280. The van der Waals surface area contributed by atoms with Gasteiger partial charge in [-0.05, 0) is 55.7 Å². The van der Waals surface area contributed by atoms with E-state index >= 15 is 0 Å². The molecule has 0 bridgehead atoms. The van der Waals surface area contributed by atoms with Gasteiger partial charge >= 0.3 is 0 Å². The number of halogens is 1. The molecular weight excluding hydrogens is 419 g/mol. The fourth-order valence-electron chi connectivity index (χ4n) is 4.13. The molecule has 1 aromatic carbocycles. The van der Waals surface area contributed by atoms with Gasteiger partial charge < -0.3 is 10.2 Å². The van der Waals surface area contributed by atoms with E-state index < -0.39 is 0 Å². The summed E-state index contributed by atoms with van der Waals surface area (Å²) >= 11 is 0. The number of aryl methyl sites for hydroxylation is 1. The number of hydrogen-bond donors (Lipinski definition) is 1. The Morgan fingerprint density at radius 2 is 2.00 bits per heavy atom. The number of fused-ring (bicyclic) bond motifs is 1. The first-order valence-electron chi connectivity index (χ1n) is 11.2. The van der Waals surface area contributed by atoms with Crippen LogP contribution in [0.1, 0.15) is 35.8 Å². The summed E-state index contributed by atoms with van der Waals surface area (Å²) in [4.78, 5) is 23.8. The number of carbonyl (C=O) groups is 1. The third-order valence-electron chi connectivity index (χ3n) is 6.02. The molecule has 1 saturated heterocycles. The molecule has 0 unspecified atom stereocenters. The highest BCUT2D eigenvalue weighted by molar-refractivity contribution is 5.94. The Morgan fingerprint density at radius 1 is 1.15 bits per heavy atom. The number of nitrogens with one attached hydrogen (secondary N) is 1. The average molecular weight is 445 g/mol. The highest BCUT2D eigenvalue weighted by Crippen LogP contribution is 2.20. The van der Waals surface area contributed by atoms with Crippen LogP contribution in [0.4, 0.5) is 10.2 Å². The third kappa shape index (κ3) is 4.55. The van der Waals surface area contributed by atoms with Crippen molar-refractivity contribution in [1.29, 1.82) is 0 Å². The summed E-state index contributed by atoms with van der Waals surface area (Å²) in [5.41, 5.74) is 3.70. The van der Waals surface area contributed by atoms with Gasteiger partial charge in [-0.15, -0.1) is 5.10 Å². The monoisotopic (exact) mass is 444 g/mol. The van der Waals surface area contributed by atoms with Crippen LogP contribution in [0.25, 0.3) is 16.9 Å². The smallest absolute Gasteiger partial charge is 0.253 e. The zero-order valence-corrected chi connectivity index (χ0v) is 18.4. The lowest BCUT2D eigenvalue weighted by atomic mass is 10.0. The molecule has 4 heterocycles.